The van der Waals surface area contributed by atoms with Gasteiger partial charge in [-0.1, -0.05) is 19.9 Å². The van der Waals surface area contributed by atoms with Gasteiger partial charge in [-0.15, -0.1) is 11.3 Å². The molecule has 3 nitrogen and oxygen atoms in total. The molecule has 2 aromatic rings. The van der Waals surface area contributed by atoms with E-state index in [1.54, 1.807) is 25.6 Å². The molecule has 4 heteroatoms. The molecule has 0 fully saturated rings. The first-order chi connectivity index (χ1) is 9.65. The van der Waals surface area contributed by atoms with E-state index in [0.29, 0.717) is 5.92 Å². The third-order valence-corrected chi connectivity index (χ3v) is 4.19. The Labute approximate surface area is 124 Å². The highest BCUT2D eigenvalue weighted by molar-refractivity contribution is 7.10. The van der Waals surface area contributed by atoms with Crippen molar-refractivity contribution in [3.63, 3.8) is 0 Å². The van der Waals surface area contributed by atoms with Crippen molar-refractivity contribution in [1.82, 2.24) is 0 Å². The van der Waals surface area contributed by atoms with Gasteiger partial charge in [-0.25, -0.2) is 0 Å². The summed E-state index contributed by atoms with van der Waals surface area (Å²) in [6, 6.07) is 10.4. The summed E-state index contributed by atoms with van der Waals surface area (Å²) in [7, 11) is 3.33. The minimum Gasteiger partial charge on any atom is -0.497 e. The first kappa shape index (κ1) is 14.7. The molecule has 0 saturated heterocycles. The maximum absolute atomic E-state index is 5.45. The molecule has 0 bridgehead atoms. The molecule has 1 atom stereocenters. The molecule has 1 unspecified atom stereocenters. The average molecular weight is 291 g/mol. The molecule has 0 amide bonds. The highest BCUT2D eigenvalue weighted by Gasteiger charge is 2.18. The van der Waals surface area contributed by atoms with Crippen molar-refractivity contribution in [1.29, 1.82) is 0 Å². The Bertz CT molecular complexity index is 537. The Hall–Kier alpha value is -1.68. The molecule has 0 aliphatic carbocycles. The highest BCUT2D eigenvalue weighted by atomic mass is 32.1. The standard InChI is InChI=1S/C16H21NO2S/c1-11(2)16(15-6-5-9-20-15)17-13-8-7-12(18-3)10-14(13)19-4/h5-11,16-17H,1-4H3. The average Bonchev–Trinajstić information content (AvgIpc) is 2.98. The van der Waals surface area contributed by atoms with Crippen molar-refractivity contribution in [3.05, 3.63) is 40.6 Å². The van der Waals surface area contributed by atoms with Crippen LogP contribution >= 0.6 is 11.3 Å². The lowest BCUT2D eigenvalue weighted by atomic mass is 10.0. The van der Waals surface area contributed by atoms with Crippen molar-refractivity contribution in [2.45, 2.75) is 19.9 Å². The van der Waals surface area contributed by atoms with Crippen molar-refractivity contribution < 1.29 is 9.47 Å². The lowest BCUT2D eigenvalue weighted by molar-refractivity contribution is 0.394. The maximum atomic E-state index is 5.45. The van der Waals surface area contributed by atoms with Crippen LogP contribution in [-0.2, 0) is 0 Å². The number of rotatable bonds is 6. The van der Waals surface area contributed by atoms with E-state index in [2.05, 4.69) is 36.7 Å². The Kier molecular flexibility index (Phi) is 4.90. The summed E-state index contributed by atoms with van der Waals surface area (Å²) in [5.74, 6) is 2.08. The molecule has 108 valence electrons. The molecule has 1 aromatic carbocycles. The predicted octanol–water partition coefficient (Wildman–Crippen LogP) is 4.57. The van der Waals surface area contributed by atoms with Gasteiger partial charge < -0.3 is 14.8 Å². The van der Waals surface area contributed by atoms with Gasteiger partial charge >= 0.3 is 0 Å². The first-order valence-corrected chi connectivity index (χ1v) is 7.55. The second-order valence-electron chi connectivity index (χ2n) is 4.95. The van der Waals surface area contributed by atoms with Crippen LogP contribution in [0.4, 0.5) is 5.69 Å². The first-order valence-electron chi connectivity index (χ1n) is 6.67. The summed E-state index contributed by atoms with van der Waals surface area (Å²) in [6.45, 7) is 4.43. The zero-order valence-corrected chi connectivity index (χ0v) is 13.2. The van der Waals surface area contributed by atoms with Crippen LogP contribution in [0.15, 0.2) is 35.7 Å². The summed E-state index contributed by atoms with van der Waals surface area (Å²) >= 11 is 1.77. The van der Waals surface area contributed by atoms with Gasteiger partial charge in [-0.3, -0.25) is 0 Å². The summed E-state index contributed by atoms with van der Waals surface area (Å²) < 4.78 is 10.7. The van der Waals surface area contributed by atoms with Crippen molar-refractivity contribution in [2.75, 3.05) is 19.5 Å². The molecule has 0 radical (unpaired) electrons. The molecular weight excluding hydrogens is 270 g/mol. The fourth-order valence-electron chi connectivity index (χ4n) is 2.12. The molecule has 0 aliphatic heterocycles. The third kappa shape index (κ3) is 3.25. The number of methoxy groups -OCH3 is 2. The van der Waals surface area contributed by atoms with Gasteiger partial charge in [-0.05, 0) is 29.5 Å². The SMILES string of the molecule is COc1ccc(NC(c2cccs2)C(C)C)c(OC)c1. The molecule has 1 N–H and O–H groups in total. The van der Waals surface area contributed by atoms with Crippen LogP contribution in [0.3, 0.4) is 0 Å². The fourth-order valence-corrected chi connectivity index (χ4v) is 3.07. The molecule has 20 heavy (non-hydrogen) atoms. The van der Waals surface area contributed by atoms with Gasteiger partial charge in [0.1, 0.15) is 11.5 Å². The van der Waals surface area contributed by atoms with Crippen LogP contribution in [0.2, 0.25) is 0 Å². The topological polar surface area (TPSA) is 30.5 Å². The van der Waals surface area contributed by atoms with E-state index in [1.165, 1.54) is 4.88 Å². The molecule has 0 aliphatic rings. The van der Waals surface area contributed by atoms with E-state index >= 15 is 0 Å². The van der Waals surface area contributed by atoms with Crippen LogP contribution < -0.4 is 14.8 Å². The number of ether oxygens (including phenoxy) is 2. The zero-order chi connectivity index (χ0) is 14.5. The highest BCUT2D eigenvalue weighted by Crippen LogP contribution is 2.35. The Balaban J connectivity index is 2.27. The number of anilines is 1. The van der Waals surface area contributed by atoms with Crippen LogP contribution in [0.1, 0.15) is 24.8 Å². The number of benzene rings is 1. The third-order valence-electron chi connectivity index (χ3n) is 3.24. The van der Waals surface area contributed by atoms with E-state index in [4.69, 9.17) is 9.47 Å². The van der Waals surface area contributed by atoms with Gasteiger partial charge in [0.2, 0.25) is 0 Å². The van der Waals surface area contributed by atoms with Gasteiger partial charge in [0.15, 0.2) is 0 Å². The molecule has 0 saturated carbocycles. The number of hydrogen-bond donors (Lipinski definition) is 1. The molecule has 1 heterocycles. The summed E-state index contributed by atoms with van der Waals surface area (Å²) in [5, 5.41) is 5.69. The predicted molar refractivity (Wildman–Crippen MR) is 85.1 cm³/mol. The molecular formula is C16H21NO2S. The van der Waals surface area contributed by atoms with E-state index in [9.17, 15) is 0 Å². The Morgan fingerprint density at radius 1 is 1.10 bits per heavy atom. The van der Waals surface area contributed by atoms with Crippen molar-refractivity contribution >= 4 is 17.0 Å². The molecule has 1 aromatic heterocycles. The van der Waals surface area contributed by atoms with Gasteiger partial charge in [-0.2, -0.15) is 0 Å². The normalized spacial score (nSPS) is 12.2. The largest absolute Gasteiger partial charge is 0.497 e. The van der Waals surface area contributed by atoms with Crippen molar-refractivity contribution in [2.24, 2.45) is 5.92 Å². The second-order valence-corrected chi connectivity index (χ2v) is 5.93. The van der Waals surface area contributed by atoms with E-state index in [-0.39, 0.29) is 6.04 Å². The lowest BCUT2D eigenvalue weighted by Crippen LogP contribution is -2.16. The van der Waals surface area contributed by atoms with Crippen LogP contribution in [0.5, 0.6) is 11.5 Å². The minimum atomic E-state index is 0.275. The van der Waals surface area contributed by atoms with Crippen LogP contribution in [-0.4, -0.2) is 14.2 Å². The lowest BCUT2D eigenvalue weighted by Gasteiger charge is -2.24. The second kappa shape index (κ2) is 6.66. The summed E-state index contributed by atoms with van der Waals surface area (Å²) in [4.78, 5) is 1.33. The van der Waals surface area contributed by atoms with Crippen LogP contribution in [0.25, 0.3) is 0 Å². The number of hydrogen-bond acceptors (Lipinski definition) is 4. The molecule has 0 spiro atoms. The van der Waals surface area contributed by atoms with E-state index in [1.807, 2.05) is 18.2 Å². The maximum Gasteiger partial charge on any atom is 0.145 e. The van der Waals surface area contributed by atoms with Gasteiger partial charge in [0.05, 0.1) is 25.9 Å². The Morgan fingerprint density at radius 3 is 2.45 bits per heavy atom. The van der Waals surface area contributed by atoms with E-state index < -0.39 is 0 Å². The Morgan fingerprint density at radius 2 is 1.90 bits per heavy atom. The van der Waals surface area contributed by atoms with Gasteiger partial charge in [0.25, 0.3) is 0 Å². The zero-order valence-electron chi connectivity index (χ0n) is 12.3. The smallest absolute Gasteiger partial charge is 0.145 e. The van der Waals surface area contributed by atoms with Gasteiger partial charge in [0, 0.05) is 10.9 Å². The summed E-state index contributed by atoms with van der Waals surface area (Å²) in [6.07, 6.45) is 0. The fraction of sp³-hybridized carbons (Fsp3) is 0.375. The van der Waals surface area contributed by atoms with Crippen LogP contribution in [0, 0.1) is 5.92 Å². The quantitative estimate of drug-likeness (QED) is 0.845. The number of nitrogens with one attached hydrogen (secondary N) is 1. The monoisotopic (exact) mass is 291 g/mol. The minimum absolute atomic E-state index is 0.275. The van der Waals surface area contributed by atoms with E-state index in [0.717, 1.165) is 17.2 Å². The van der Waals surface area contributed by atoms with Crippen molar-refractivity contribution in [3.8, 4) is 11.5 Å². The molecule has 2 rings (SSSR count). The number of thiophene rings is 1. The summed E-state index contributed by atoms with van der Waals surface area (Å²) in [5.41, 5.74) is 0.986.